The fraction of sp³-hybridized carbons (Fsp3) is 0.500. The maximum absolute atomic E-state index is 12.5. The van der Waals surface area contributed by atoms with Crippen molar-refractivity contribution in [1.29, 1.82) is 0 Å². The van der Waals surface area contributed by atoms with Crippen LogP contribution in [0.1, 0.15) is 33.3 Å². The van der Waals surface area contributed by atoms with Gasteiger partial charge in [0.1, 0.15) is 11.6 Å². The van der Waals surface area contributed by atoms with E-state index in [1.54, 1.807) is 33.8 Å². The number of amides is 1. The fourth-order valence-corrected chi connectivity index (χ4v) is 2.42. The Kier molecular flexibility index (Phi) is 6.00. The van der Waals surface area contributed by atoms with E-state index in [9.17, 15) is 9.59 Å². The van der Waals surface area contributed by atoms with Crippen molar-refractivity contribution in [3.63, 3.8) is 0 Å². The van der Waals surface area contributed by atoms with Crippen LogP contribution < -0.4 is 4.90 Å². The van der Waals surface area contributed by atoms with E-state index in [1.807, 2.05) is 19.1 Å². The first-order valence-corrected chi connectivity index (χ1v) is 7.72. The Morgan fingerprint density at radius 3 is 2.32 bits per heavy atom. The summed E-state index contributed by atoms with van der Waals surface area (Å²) in [7, 11) is 1.29. The molecular weight excluding hydrogens is 350 g/mol. The van der Waals surface area contributed by atoms with Gasteiger partial charge >= 0.3 is 12.1 Å². The Hall–Kier alpha value is -1.56. The van der Waals surface area contributed by atoms with Gasteiger partial charge in [-0.25, -0.2) is 9.59 Å². The number of carbonyl (C=O) groups is 2. The van der Waals surface area contributed by atoms with Crippen molar-refractivity contribution in [2.24, 2.45) is 0 Å². The van der Waals surface area contributed by atoms with E-state index in [2.05, 4.69) is 15.9 Å². The summed E-state index contributed by atoms with van der Waals surface area (Å²) in [6.45, 7) is 8.81. The molecule has 0 bridgehead atoms. The molecule has 0 fully saturated rings. The highest BCUT2D eigenvalue weighted by Gasteiger charge is 2.32. The minimum absolute atomic E-state index is 0.506. The topological polar surface area (TPSA) is 55.8 Å². The van der Waals surface area contributed by atoms with Crippen molar-refractivity contribution in [2.45, 2.75) is 46.3 Å². The molecule has 1 unspecified atom stereocenters. The van der Waals surface area contributed by atoms with E-state index in [-0.39, 0.29) is 0 Å². The summed E-state index contributed by atoms with van der Waals surface area (Å²) in [5.41, 5.74) is 0.792. The Morgan fingerprint density at radius 2 is 1.86 bits per heavy atom. The summed E-state index contributed by atoms with van der Waals surface area (Å²) in [4.78, 5) is 25.8. The van der Waals surface area contributed by atoms with E-state index < -0.39 is 23.7 Å². The lowest BCUT2D eigenvalue weighted by Gasteiger charge is -2.31. The Morgan fingerprint density at radius 1 is 1.27 bits per heavy atom. The molecule has 22 heavy (non-hydrogen) atoms. The molecule has 1 rings (SSSR count). The molecule has 0 spiro atoms. The number of hydrogen-bond acceptors (Lipinski definition) is 4. The van der Waals surface area contributed by atoms with Crippen LogP contribution in [0.3, 0.4) is 0 Å². The Bertz CT molecular complexity index is 566. The third kappa shape index (κ3) is 4.73. The molecule has 0 saturated heterocycles. The third-order valence-corrected chi connectivity index (χ3v) is 3.43. The molecule has 6 heteroatoms. The van der Waals surface area contributed by atoms with Crippen LogP contribution in [-0.4, -0.2) is 30.8 Å². The molecule has 1 amide bonds. The van der Waals surface area contributed by atoms with Crippen LogP contribution >= 0.6 is 15.9 Å². The van der Waals surface area contributed by atoms with Crippen LogP contribution in [0.15, 0.2) is 22.7 Å². The molecule has 0 saturated carbocycles. The fourth-order valence-electron chi connectivity index (χ4n) is 1.94. The van der Waals surface area contributed by atoms with E-state index in [0.717, 1.165) is 10.0 Å². The smallest absolute Gasteiger partial charge is 0.415 e. The van der Waals surface area contributed by atoms with Crippen molar-refractivity contribution in [2.75, 3.05) is 12.0 Å². The number of benzene rings is 1. The summed E-state index contributed by atoms with van der Waals surface area (Å²) in [6, 6.07) is 4.66. The molecule has 0 radical (unpaired) electrons. The predicted octanol–water partition coefficient (Wildman–Crippen LogP) is 4.06. The highest BCUT2D eigenvalue weighted by Crippen LogP contribution is 2.27. The van der Waals surface area contributed by atoms with Crippen molar-refractivity contribution in [3.05, 3.63) is 28.2 Å². The lowest BCUT2D eigenvalue weighted by molar-refractivity contribution is -0.141. The van der Waals surface area contributed by atoms with Crippen LogP contribution in [0, 0.1) is 6.92 Å². The molecule has 1 atom stereocenters. The zero-order chi connectivity index (χ0) is 17.1. The van der Waals surface area contributed by atoms with Gasteiger partial charge in [-0.3, -0.25) is 4.90 Å². The monoisotopic (exact) mass is 371 g/mol. The summed E-state index contributed by atoms with van der Waals surface area (Å²) >= 11 is 3.38. The molecule has 0 aliphatic rings. The molecule has 0 heterocycles. The average Bonchev–Trinajstić information content (AvgIpc) is 2.38. The second-order valence-electron chi connectivity index (χ2n) is 5.98. The van der Waals surface area contributed by atoms with Gasteiger partial charge in [-0.1, -0.05) is 15.9 Å². The standard InChI is InChI=1S/C16H22BrNO4/c1-10-9-12(17)7-8-13(10)18(11(2)14(19)21-6)15(20)22-16(3,4)5/h7-9,11H,1-6H3. The Balaban J connectivity index is 3.27. The molecule has 122 valence electrons. The lowest BCUT2D eigenvalue weighted by atomic mass is 10.1. The summed E-state index contributed by atoms with van der Waals surface area (Å²) in [5.74, 6) is -0.506. The number of anilines is 1. The molecule has 0 aromatic heterocycles. The number of nitrogens with zero attached hydrogens (tertiary/aromatic N) is 1. The molecule has 1 aromatic carbocycles. The predicted molar refractivity (Wildman–Crippen MR) is 89.1 cm³/mol. The first-order valence-electron chi connectivity index (χ1n) is 6.93. The molecule has 0 N–H and O–H groups in total. The van der Waals surface area contributed by atoms with Crippen LogP contribution in [0.4, 0.5) is 10.5 Å². The molecule has 0 aliphatic heterocycles. The SMILES string of the molecule is COC(=O)C(C)N(C(=O)OC(C)(C)C)c1ccc(Br)cc1C. The molecule has 5 nitrogen and oxygen atoms in total. The first-order chi connectivity index (χ1) is 10.1. The molecule has 0 aliphatic carbocycles. The number of esters is 1. The minimum Gasteiger partial charge on any atom is -0.467 e. The quantitative estimate of drug-likeness (QED) is 0.751. The van der Waals surface area contributed by atoms with Crippen LogP contribution in [-0.2, 0) is 14.3 Å². The van der Waals surface area contributed by atoms with Crippen molar-refractivity contribution >= 4 is 33.7 Å². The number of halogens is 1. The normalized spacial score (nSPS) is 12.5. The van der Waals surface area contributed by atoms with Crippen LogP contribution in [0.2, 0.25) is 0 Å². The maximum Gasteiger partial charge on any atom is 0.415 e. The molecule has 1 aromatic rings. The van der Waals surface area contributed by atoms with E-state index >= 15 is 0 Å². The van der Waals surface area contributed by atoms with Gasteiger partial charge in [-0.15, -0.1) is 0 Å². The highest BCUT2D eigenvalue weighted by atomic mass is 79.9. The second-order valence-corrected chi connectivity index (χ2v) is 6.90. The second kappa shape index (κ2) is 7.13. The number of carbonyl (C=O) groups excluding carboxylic acids is 2. The number of aryl methyl sites for hydroxylation is 1. The number of hydrogen-bond donors (Lipinski definition) is 0. The van der Waals surface area contributed by atoms with Gasteiger partial charge in [0.05, 0.1) is 12.8 Å². The zero-order valence-electron chi connectivity index (χ0n) is 13.8. The van der Waals surface area contributed by atoms with Crippen molar-refractivity contribution < 1.29 is 19.1 Å². The van der Waals surface area contributed by atoms with Gasteiger partial charge in [0.2, 0.25) is 0 Å². The van der Waals surface area contributed by atoms with E-state index in [4.69, 9.17) is 9.47 Å². The molecular formula is C16H22BrNO4. The summed E-state index contributed by atoms with van der Waals surface area (Å²) in [5, 5.41) is 0. The maximum atomic E-state index is 12.5. The lowest BCUT2D eigenvalue weighted by Crippen LogP contribution is -2.46. The van der Waals surface area contributed by atoms with Gasteiger partial charge < -0.3 is 9.47 Å². The van der Waals surface area contributed by atoms with Gasteiger partial charge in [-0.2, -0.15) is 0 Å². The number of methoxy groups -OCH3 is 1. The van der Waals surface area contributed by atoms with E-state index in [1.165, 1.54) is 12.0 Å². The minimum atomic E-state index is -0.792. The largest absolute Gasteiger partial charge is 0.467 e. The third-order valence-electron chi connectivity index (χ3n) is 2.94. The number of rotatable bonds is 3. The van der Waals surface area contributed by atoms with Crippen molar-refractivity contribution in [1.82, 2.24) is 0 Å². The summed E-state index contributed by atoms with van der Waals surface area (Å²) < 4.78 is 11.1. The number of ether oxygens (including phenoxy) is 2. The summed E-state index contributed by atoms with van der Waals surface area (Å²) in [6.07, 6.45) is -0.587. The van der Waals surface area contributed by atoms with Gasteiger partial charge in [0, 0.05) is 4.47 Å². The van der Waals surface area contributed by atoms with Gasteiger partial charge in [0.15, 0.2) is 0 Å². The van der Waals surface area contributed by atoms with Crippen molar-refractivity contribution in [3.8, 4) is 0 Å². The van der Waals surface area contributed by atoms with E-state index in [0.29, 0.717) is 5.69 Å². The average molecular weight is 372 g/mol. The van der Waals surface area contributed by atoms with Gasteiger partial charge in [-0.05, 0) is 58.4 Å². The van der Waals surface area contributed by atoms with Crippen LogP contribution in [0.5, 0.6) is 0 Å². The zero-order valence-corrected chi connectivity index (χ0v) is 15.4. The first kappa shape index (κ1) is 18.5. The highest BCUT2D eigenvalue weighted by molar-refractivity contribution is 9.10. The van der Waals surface area contributed by atoms with Gasteiger partial charge in [0.25, 0.3) is 0 Å². The Labute approximate surface area is 139 Å². The van der Waals surface area contributed by atoms with Crippen LogP contribution in [0.25, 0.3) is 0 Å².